The number of ether oxygens (including phenoxy) is 1. The molecule has 0 fully saturated rings. The van der Waals surface area contributed by atoms with E-state index in [0.717, 1.165) is 30.1 Å². The molecule has 1 atom stereocenters. The highest BCUT2D eigenvalue weighted by Crippen LogP contribution is 2.34. The molecule has 1 aromatic carbocycles. The van der Waals surface area contributed by atoms with Crippen molar-refractivity contribution in [2.24, 2.45) is 5.92 Å². The third-order valence-electron chi connectivity index (χ3n) is 2.99. The summed E-state index contributed by atoms with van der Waals surface area (Å²) in [6.45, 7) is 10.2. The topological polar surface area (TPSA) is 32.7 Å². The van der Waals surface area contributed by atoms with Crippen LogP contribution in [-0.4, -0.2) is 25.3 Å². The van der Waals surface area contributed by atoms with Gasteiger partial charge >= 0.3 is 0 Å². The molecule has 0 aliphatic carbocycles. The molecule has 0 radical (unpaired) electrons. The Hall–Kier alpha value is -1.22. The maximum Gasteiger partial charge on any atom is 0.126 e. The monoisotopic (exact) mass is 251 g/mol. The molecule has 0 aliphatic heterocycles. The number of aliphatic hydroxyl groups is 1. The van der Waals surface area contributed by atoms with E-state index >= 15 is 0 Å². The number of nitrogens with zero attached hydrogens (tertiary/aromatic N) is 1. The Labute approximate surface area is 110 Å². The van der Waals surface area contributed by atoms with Crippen LogP contribution in [0.1, 0.15) is 39.4 Å². The molecule has 0 unspecified atom stereocenters. The fourth-order valence-corrected chi connectivity index (χ4v) is 2.24. The number of benzene rings is 1. The smallest absolute Gasteiger partial charge is 0.126 e. The van der Waals surface area contributed by atoms with Gasteiger partial charge in [0, 0.05) is 24.3 Å². The second-order valence-corrected chi connectivity index (χ2v) is 5.00. The van der Waals surface area contributed by atoms with Gasteiger partial charge in [-0.25, -0.2) is 0 Å². The Balaban J connectivity index is 3.20. The highest BCUT2D eigenvalue weighted by Gasteiger charge is 2.18. The van der Waals surface area contributed by atoms with Gasteiger partial charge in [0.05, 0.1) is 13.2 Å². The summed E-state index contributed by atoms with van der Waals surface area (Å²) in [5, 5.41) is 9.99. The summed E-state index contributed by atoms with van der Waals surface area (Å²) in [6.07, 6.45) is -0.530. The molecule has 0 saturated heterocycles. The summed E-state index contributed by atoms with van der Waals surface area (Å²) in [6, 6.07) is 5.92. The molecule has 0 aliphatic rings. The first-order valence-electron chi connectivity index (χ1n) is 6.61. The first kappa shape index (κ1) is 14.8. The van der Waals surface area contributed by atoms with Crippen LogP contribution in [0.25, 0.3) is 0 Å². The molecule has 3 nitrogen and oxygen atoms in total. The summed E-state index contributed by atoms with van der Waals surface area (Å²) in [4.78, 5) is 2.29. The van der Waals surface area contributed by atoms with E-state index in [-0.39, 0.29) is 0 Å². The molecule has 1 N–H and O–H groups in total. The van der Waals surface area contributed by atoms with Gasteiger partial charge in [0.2, 0.25) is 0 Å². The number of anilines is 1. The Morgan fingerprint density at radius 3 is 2.39 bits per heavy atom. The number of methoxy groups -OCH3 is 1. The summed E-state index contributed by atoms with van der Waals surface area (Å²) in [5.74, 6) is 1.34. The van der Waals surface area contributed by atoms with Crippen LogP contribution in [0.2, 0.25) is 0 Å². The number of rotatable bonds is 6. The molecule has 0 amide bonds. The Bertz CT molecular complexity index is 375. The van der Waals surface area contributed by atoms with E-state index in [1.54, 1.807) is 14.0 Å². The van der Waals surface area contributed by atoms with Crippen molar-refractivity contribution in [2.75, 3.05) is 25.1 Å². The van der Waals surface area contributed by atoms with Crippen molar-refractivity contribution in [3.63, 3.8) is 0 Å². The summed E-state index contributed by atoms with van der Waals surface area (Å²) in [5.41, 5.74) is 1.95. The summed E-state index contributed by atoms with van der Waals surface area (Å²) >= 11 is 0. The summed E-state index contributed by atoms with van der Waals surface area (Å²) < 4.78 is 5.36. The van der Waals surface area contributed by atoms with E-state index in [1.165, 1.54) is 0 Å². The molecule has 1 aromatic rings. The van der Waals surface area contributed by atoms with Gasteiger partial charge in [-0.15, -0.1) is 0 Å². The molecule has 18 heavy (non-hydrogen) atoms. The largest absolute Gasteiger partial charge is 0.496 e. The normalized spacial score (nSPS) is 12.6. The van der Waals surface area contributed by atoms with E-state index in [9.17, 15) is 5.11 Å². The van der Waals surface area contributed by atoms with Crippen molar-refractivity contribution in [3.8, 4) is 5.75 Å². The van der Waals surface area contributed by atoms with Crippen molar-refractivity contribution in [1.82, 2.24) is 0 Å². The first-order chi connectivity index (χ1) is 8.51. The third-order valence-corrected chi connectivity index (χ3v) is 2.99. The fourth-order valence-electron chi connectivity index (χ4n) is 2.24. The molecule has 0 aromatic heterocycles. The van der Waals surface area contributed by atoms with Crippen molar-refractivity contribution in [3.05, 3.63) is 23.8 Å². The van der Waals surface area contributed by atoms with E-state index in [2.05, 4.69) is 31.7 Å². The minimum absolute atomic E-state index is 0.530. The zero-order valence-electron chi connectivity index (χ0n) is 12.1. The van der Waals surface area contributed by atoms with Crippen LogP contribution in [-0.2, 0) is 0 Å². The SMILES string of the molecule is CCN(CC(C)C)c1cccc(OC)c1[C@@H](C)O. The molecule has 3 heteroatoms. The lowest BCUT2D eigenvalue weighted by molar-refractivity contribution is 0.194. The van der Waals surface area contributed by atoms with E-state index in [4.69, 9.17) is 4.74 Å². The minimum Gasteiger partial charge on any atom is -0.496 e. The molecular formula is C15H25NO2. The van der Waals surface area contributed by atoms with Gasteiger partial charge in [-0.3, -0.25) is 0 Å². The van der Waals surface area contributed by atoms with Crippen LogP contribution < -0.4 is 9.64 Å². The van der Waals surface area contributed by atoms with Gasteiger partial charge in [-0.1, -0.05) is 19.9 Å². The highest BCUT2D eigenvalue weighted by molar-refractivity contribution is 5.60. The molecule has 102 valence electrons. The number of hydrogen-bond acceptors (Lipinski definition) is 3. The maximum absolute atomic E-state index is 9.99. The van der Waals surface area contributed by atoms with Gasteiger partial charge < -0.3 is 14.7 Å². The maximum atomic E-state index is 9.99. The molecule has 0 bridgehead atoms. The average molecular weight is 251 g/mol. The van der Waals surface area contributed by atoms with Crippen LogP contribution in [0.3, 0.4) is 0 Å². The van der Waals surface area contributed by atoms with Crippen LogP contribution in [0.15, 0.2) is 18.2 Å². The van der Waals surface area contributed by atoms with Crippen LogP contribution >= 0.6 is 0 Å². The quantitative estimate of drug-likeness (QED) is 0.842. The first-order valence-corrected chi connectivity index (χ1v) is 6.61. The van der Waals surface area contributed by atoms with E-state index < -0.39 is 6.10 Å². The molecule has 1 rings (SSSR count). The highest BCUT2D eigenvalue weighted by atomic mass is 16.5. The second kappa shape index (κ2) is 6.64. The Kier molecular flexibility index (Phi) is 5.48. The zero-order valence-corrected chi connectivity index (χ0v) is 12.1. The molecule has 0 heterocycles. The van der Waals surface area contributed by atoms with Gasteiger partial charge in [0.1, 0.15) is 5.75 Å². The third kappa shape index (κ3) is 3.39. The lowest BCUT2D eigenvalue weighted by Crippen LogP contribution is -2.28. The second-order valence-electron chi connectivity index (χ2n) is 5.00. The Morgan fingerprint density at radius 1 is 1.28 bits per heavy atom. The van der Waals surface area contributed by atoms with Crippen LogP contribution in [0.5, 0.6) is 5.75 Å². The predicted octanol–water partition coefficient (Wildman–Crippen LogP) is 3.23. The lowest BCUT2D eigenvalue weighted by Gasteiger charge is -2.29. The van der Waals surface area contributed by atoms with Crippen molar-refractivity contribution in [1.29, 1.82) is 0 Å². The van der Waals surface area contributed by atoms with Crippen molar-refractivity contribution >= 4 is 5.69 Å². The standard InChI is InChI=1S/C15H25NO2/c1-6-16(10-11(2)3)13-8-7-9-14(18-5)15(13)12(4)17/h7-9,11-12,17H,6,10H2,1-5H3/t12-/m1/s1. The predicted molar refractivity (Wildman–Crippen MR) is 76.4 cm³/mol. The molecular weight excluding hydrogens is 226 g/mol. The van der Waals surface area contributed by atoms with Gasteiger partial charge in [0.25, 0.3) is 0 Å². The van der Waals surface area contributed by atoms with Gasteiger partial charge in [-0.2, -0.15) is 0 Å². The average Bonchev–Trinajstić information content (AvgIpc) is 2.34. The van der Waals surface area contributed by atoms with Crippen LogP contribution in [0.4, 0.5) is 5.69 Å². The minimum atomic E-state index is -0.530. The van der Waals surface area contributed by atoms with Crippen LogP contribution in [0, 0.1) is 5.92 Å². The van der Waals surface area contributed by atoms with E-state index in [1.807, 2.05) is 12.1 Å². The van der Waals surface area contributed by atoms with Gasteiger partial charge in [0.15, 0.2) is 0 Å². The lowest BCUT2D eigenvalue weighted by atomic mass is 10.0. The van der Waals surface area contributed by atoms with Crippen molar-refractivity contribution < 1.29 is 9.84 Å². The fraction of sp³-hybridized carbons (Fsp3) is 0.600. The number of aliphatic hydroxyl groups excluding tert-OH is 1. The number of hydrogen-bond donors (Lipinski definition) is 1. The van der Waals surface area contributed by atoms with E-state index in [0.29, 0.717) is 5.92 Å². The molecule has 0 saturated carbocycles. The molecule has 0 spiro atoms. The zero-order chi connectivity index (χ0) is 13.7. The summed E-state index contributed by atoms with van der Waals surface area (Å²) in [7, 11) is 1.64. The Morgan fingerprint density at radius 2 is 1.94 bits per heavy atom. The van der Waals surface area contributed by atoms with Gasteiger partial charge in [-0.05, 0) is 31.9 Å². The van der Waals surface area contributed by atoms with Crippen molar-refractivity contribution in [2.45, 2.75) is 33.8 Å².